The van der Waals surface area contributed by atoms with E-state index in [2.05, 4.69) is 72.8 Å². The number of para-hydroxylation sites is 2. The fourth-order valence-corrected chi connectivity index (χ4v) is 5.51. The largest absolute Gasteiger partial charge is 0.456 e. The Balaban J connectivity index is 1.37. The van der Waals surface area contributed by atoms with Crippen LogP contribution in [-0.2, 0) is 0 Å². The van der Waals surface area contributed by atoms with Crippen molar-refractivity contribution in [3.63, 3.8) is 0 Å². The lowest BCUT2D eigenvalue weighted by Crippen LogP contribution is -1.97. The Morgan fingerprint density at radius 2 is 1.13 bits per heavy atom. The van der Waals surface area contributed by atoms with Crippen molar-refractivity contribution >= 4 is 43.7 Å². The number of hydrogen-bond donors (Lipinski definition) is 0. The molecular formula is C35H21N3O. The molecule has 3 aromatic heterocycles. The zero-order valence-electron chi connectivity index (χ0n) is 20.9. The fraction of sp³-hybridized carbons (Fsp3) is 0. The van der Waals surface area contributed by atoms with Crippen molar-refractivity contribution in [3.8, 4) is 33.9 Å². The third kappa shape index (κ3) is 3.50. The molecule has 0 atom stereocenters. The van der Waals surface area contributed by atoms with E-state index in [-0.39, 0.29) is 0 Å². The van der Waals surface area contributed by atoms with Gasteiger partial charge in [0.1, 0.15) is 16.9 Å². The number of rotatable bonds is 3. The third-order valence-corrected chi connectivity index (χ3v) is 7.31. The van der Waals surface area contributed by atoms with Gasteiger partial charge < -0.3 is 4.42 Å². The zero-order valence-corrected chi connectivity index (χ0v) is 20.9. The van der Waals surface area contributed by atoms with Gasteiger partial charge >= 0.3 is 0 Å². The van der Waals surface area contributed by atoms with E-state index in [4.69, 9.17) is 19.4 Å². The summed E-state index contributed by atoms with van der Waals surface area (Å²) in [7, 11) is 0. The molecule has 0 saturated heterocycles. The second kappa shape index (κ2) is 8.61. The lowest BCUT2D eigenvalue weighted by atomic mass is 10.00. The minimum atomic E-state index is 0.654. The highest BCUT2D eigenvalue weighted by Crippen LogP contribution is 2.37. The maximum Gasteiger partial charge on any atom is 0.161 e. The van der Waals surface area contributed by atoms with Gasteiger partial charge in [0.2, 0.25) is 0 Å². The van der Waals surface area contributed by atoms with E-state index in [1.165, 1.54) is 11.1 Å². The van der Waals surface area contributed by atoms with Gasteiger partial charge in [-0.2, -0.15) is 0 Å². The summed E-state index contributed by atoms with van der Waals surface area (Å²) in [5.41, 5.74) is 8.39. The highest BCUT2D eigenvalue weighted by molar-refractivity contribution is 6.12. The summed E-state index contributed by atoms with van der Waals surface area (Å²) in [5, 5.41) is 4.16. The van der Waals surface area contributed by atoms with Crippen LogP contribution in [0.3, 0.4) is 0 Å². The number of hydrogen-bond acceptors (Lipinski definition) is 4. The van der Waals surface area contributed by atoms with Crippen LogP contribution < -0.4 is 0 Å². The number of pyridine rings is 1. The summed E-state index contributed by atoms with van der Waals surface area (Å²) in [5.74, 6) is 0.654. The molecule has 0 aliphatic rings. The molecule has 0 N–H and O–H groups in total. The van der Waals surface area contributed by atoms with Gasteiger partial charge in [0.15, 0.2) is 5.82 Å². The van der Waals surface area contributed by atoms with Gasteiger partial charge in [-0.1, -0.05) is 91.0 Å². The SMILES string of the molecule is c1ccc(-c2cccc3nc(-c4nc(-c5cccc6oc7ccccc7c56)nc5ccccc45)ccc23)cc1. The van der Waals surface area contributed by atoms with E-state index < -0.39 is 0 Å². The molecular weight excluding hydrogens is 478 g/mol. The molecule has 0 aliphatic carbocycles. The van der Waals surface area contributed by atoms with E-state index >= 15 is 0 Å². The fourth-order valence-electron chi connectivity index (χ4n) is 5.51. The van der Waals surface area contributed by atoms with Crippen molar-refractivity contribution in [2.45, 2.75) is 0 Å². The van der Waals surface area contributed by atoms with Crippen LogP contribution >= 0.6 is 0 Å². The van der Waals surface area contributed by atoms with Crippen LogP contribution in [0.5, 0.6) is 0 Å². The topological polar surface area (TPSA) is 51.8 Å². The lowest BCUT2D eigenvalue weighted by Gasteiger charge is -2.11. The van der Waals surface area contributed by atoms with Crippen LogP contribution in [0.25, 0.3) is 77.6 Å². The van der Waals surface area contributed by atoms with Crippen LogP contribution in [0, 0.1) is 0 Å². The monoisotopic (exact) mass is 499 g/mol. The van der Waals surface area contributed by atoms with Crippen molar-refractivity contribution in [2.75, 3.05) is 0 Å². The Morgan fingerprint density at radius 1 is 0.436 bits per heavy atom. The molecule has 8 rings (SSSR count). The van der Waals surface area contributed by atoms with Crippen LogP contribution in [0.15, 0.2) is 132 Å². The minimum absolute atomic E-state index is 0.654. The number of furan rings is 1. The Hall–Kier alpha value is -5.35. The highest BCUT2D eigenvalue weighted by Gasteiger charge is 2.18. The van der Waals surface area contributed by atoms with Gasteiger partial charge in [-0.3, -0.25) is 0 Å². The first kappa shape index (κ1) is 21.7. The summed E-state index contributed by atoms with van der Waals surface area (Å²) < 4.78 is 6.14. The molecule has 0 spiro atoms. The minimum Gasteiger partial charge on any atom is -0.456 e. The molecule has 8 aromatic rings. The predicted octanol–water partition coefficient (Wildman–Crippen LogP) is 9.08. The molecule has 39 heavy (non-hydrogen) atoms. The molecule has 182 valence electrons. The molecule has 3 heterocycles. The molecule has 0 radical (unpaired) electrons. The Kier molecular flexibility index (Phi) is 4.79. The average molecular weight is 500 g/mol. The lowest BCUT2D eigenvalue weighted by molar-refractivity contribution is 0.669. The van der Waals surface area contributed by atoms with Crippen LogP contribution in [-0.4, -0.2) is 15.0 Å². The van der Waals surface area contributed by atoms with Crippen molar-refractivity contribution < 1.29 is 4.42 Å². The summed E-state index contributed by atoms with van der Waals surface area (Å²) in [6.45, 7) is 0. The standard InChI is InChI=1S/C35H21N3O/c1-2-10-22(11-3-1)23-14-8-17-28-24(23)20-21-30(36-28)34-25-12-4-6-16-29(25)37-35(38-34)27-15-9-19-32-33(27)26-13-5-7-18-31(26)39-32/h1-21H. The van der Waals surface area contributed by atoms with E-state index in [1.54, 1.807) is 0 Å². The van der Waals surface area contributed by atoms with Crippen LogP contribution in [0.1, 0.15) is 0 Å². The molecule has 4 nitrogen and oxygen atoms in total. The first-order valence-corrected chi connectivity index (χ1v) is 13.0. The molecule has 0 bridgehead atoms. The molecule has 4 heteroatoms. The van der Waals surface area contributed by atoms with Gasteiger partial charge in [0.05, 0.1) is 16.7 Å². The summed E-state index contributed by atoms with van der Waals surface area (Å²) >= 11 is 0. The van der Waals surface area contributed by atoms with E-state index in [9.17, 15) is 0 Å². The average Bonchev–Trinajstić information content (AvgIpc) is 3.39. The third-order valence-electron chi connectivity index (χ3n) is 7.31. The Morgan fingerprint density at radius 3 is 2.05 bits per heavy atom. The normalized spacial score (nSPS) is 11.6. The van der Waals surface area contributed by atoms with E-state index in [0.717, 1.165) is 60.7 Å². The number of nitrogens with zero attached hydrogens (tertiary/aromatic N) is 3. The Labute approximate surface area is 224 Å². The molecule has 0 aliphatic heterocycles. The number of benzene rings is 5. The smallest absolute Gasteiger partial charge is 0.161 e. The molecule has 0 saturated carbocycles. The van der Waals surface area contributed by atoms with Crippen molar-refractivity contribution in [1.82, 2.24) is 15.0 Å². The van der Waals surface area contributed by atoms with Gasteiger partial charge in [-0.25, -0.2) is 15.0 Å². The summed E-state index contributed by atoms with van der Waals surface area (Å²) in [6.07, 6.45) is 0. The molecule has 0 fully saturated rings. The van der Waals surface area contributed by atoms with Gasteiger partial charge in [-0.05, 0) is 47.5 Å². The van der Waals surface area contributed by atoms with Gasteiger partial charge in [-0.15, -0.1) is 0 Å². The van der Waals surface area contributed by atoms with Crippen molar-refractivity contribution in [3.05, 3.63) is 127 Å². The first-order valence-electron chi connectivity index (χ1n) is 13.0. The second-order valence-electron chi connectivity index (χ2n) is 9.62. The second-order valence-corrected chi connectivity index (χ2v) is 9.62. The van der Waals surface area contributed by atoms with Crippen molar-refractivity contribution in [2.24, 2.45) is 0 Å². The zero-order chi connectivity index (χ0) is 25.8. The summed E-state index contributed by atoms with van der Waals surface area (Å²) in [4.78, 5) is 15.3. The van der Waals surface area contributed by atoms with E-state index in [1.807, 2.05) is 54.6 Å². The predicted molar refractivity (Wildman–Crippen MR) is 158 cm³/mol. The van der Waals surface area contributed by atoms with Gasteiger partial charge in [0.25, 0.3) is 0 Å². The van der Waals surface area contributed by atoms with Crippen LogP contribution in [0.2, 0.25) is 0 Å². The van der Waals surface area contributed by atoms with Crippen molar-refractivity contribution in [1.29, 1.82) is 0 Å². The molecule has 0 unspecified atom stereocenters. The van der Waals surface area contributed by atoms with Crippen LogP contribution in [0.4, 0.5) is 0 Å². The number of fused-ring (bicyclic) bond motifs is 5. The maximum atomic E-state index is 6.14. The Bertz CT molecular complexity index is 2180. The maximum absolute atomic E-state index is 6.14. The highest BCUT2D eigenvalue weighted by atomic mass is 16.3. The molecule has 5 aromatic carbocycles. The van der Waals surface area contributed by atoms with Gasteiger partial charge in [0, 0.05) is 27.1 Å². The quantitative estimate of drug-likeness (QED) is 0.243. The molecule has 0 amide bonds. The first-order chi connectivity index (χ1) is 19.3. The number of aromatic nitrogens is 3. The summed E-state index contributed by atoms with van der Waals surface area (Å²) in [6, 6.07) is 43.2. The van der Waals surface area contributed by atoms with E-state index in [0.29, 0.717) is 5.82 Å².